The van der Waals surface area contributed by atoms with Crippen LogP contribution >= 0.6 is 11.3 Å². The normalized spacial score (nSPS) is 12.2. The molecule has 2 rings (SSSR count). The van der Waals surface area contributed by atoms with Crippen molar-refractivity contribution in [1.82, 2.24) is 5.32 Å². The second kappa shape index (κ2) is 6.32. The molecule has 0 spiro atoms. The van der Waals surface area contributed by atoms with Crippen LogP contribution in [0.2, 0.25) is 0 Å². The Hall–Kier alpha value is -1.79. The van der Waals surface area contributed by atoms with Crippen LogP contribution in [0.5, 0.6) is 0 Å². The van der Waals surface area contributed by atoms with Gasteiger partial charge in [-0.15, -0.1) is 11.3 Å². The molecular weight excluding hydrogens is 296 g/mol. The summed E-state index contributed by atoms with van der Waals surface area (Å²) in [5.74, 6) is -2.04. The molecule has 1 aromatic carbocycles. The van der Waals surface area contributed by atoms with Crippen molar-refractivity contribution in [2.24, 2.45) is 0 Å². The molecule has 0 fully saturated rings. The van der Waals surface area contributed by atoms with Crippen molar-refractivity contribution in [3.8, 4) is 0 Å². The summed E-state index contributed by atoms with van der Waals surface area (Å²) in [6.07, 6.45) is -1.44. The molecule has 0 unspecified atom stereocenters. The van der Waals surface area contributed by atoms with Crippen LogP contribution in [0, 0.1) is 25.5 Å². The minimum atomic E-state index is -1.44. The minimum absolute atomic E-state index is 0.259. The second-order valence-electron chi connectivity index (χ2n) is 4.69. The van der Waals surface area contributed by atoms with E-state index < -0.39 is 23.3 Å². The Balaban J connectivity index is 2.06. The zero-order valence-corrected chi connectivity index (χ0v) is 12.4. The van der Waals surface area contributed by atoms with Crippen LogP contribution in [0.25, 0.3) is 0 Å². The van der Waals surface area contributed by atoms with Crippen LogP contribution in [0.1, 0.15) is 31.8 Å². The summed E-state index contributed by atoms with van der Waals surface area (Å²) in [6, 6.07) is 5.09. The number of halogens is 2. The van der Waals surface area contributed by atoms with Crippen LogP contribution < -0.4 is 5.32 Å². The lowest BCUT2D eigenvalue weighted by Crippen LogP contribution is -2.29. The summed E-state index contributed by atoms with van der Waals surface area (Å²) < 4.78 is 27.0. The largest absolute Gasteiger partial charge is 0.386 e. The maximum Gasteiger partial charge on any atom is 0.252 e. The monoisotopic (exact) mass is 311 g/mol. The van der Waals surface area contributed by atoms with Gasteiger partial charge in [0, 0.05) is 16.3 Å². The molecule has 2 N–H and O–H groups in total. The molecule has 0 radical (unpaired) electrons. The molecule has 0 aliphatic rings. The Morgan fingerprint density at radius 3 is 2.48 bits per heavy atom. The topological polar surface area (TPSA) is 49.3 Å². The molecule has 0 aliphatic carbocycles. The van der Waals surface area contributed by atoms with Crippen molar-refractivity contribution < 1.29 is 18.7 Å². The number of amides is 1. The number of hydrogen-bond acceptors (Lipinski definition) is 3. The molecule has 2 aromatic rings. The highest BCUT2D eigenvalue weighted by atomic mass is 32.1. The molecule has 3 nitrogen and oxygen atoms in total. The second-order valence-corrected chi connectivity index (χ2v) is 6.15. The predicted octanol–water partition coefficient (Wildman–Crippen LogP) is 3.11. The smallest absolute Gasteiger partial charge is 0.252 e. The molecule has 1 heterocycles. The van der Waals surface area contributed by atoms with Crippen molar-refractivity contribution in [1.29, 1.82) is 0 Å². The molecular formula is C15H15F2NO2S. The number of benzene rings is 1. The van der Waals surface area contributed by atoms with Gasteiger partial charge in [0.15, 0.2) is 0 Å². The lowest BCUT2D eigenvalue weighted by atomic mass is 10.1. The van der Waals surface area contributed by atoms with Gasteiger partial charge < -0.3 is 10.4 Å². The van der Waals surface area contributed by atoms with Gasteiger partial charge in [0.05, 0.1) is 11.1 Å². The number of rotatable bonds is 4. The lowest BCUT2D eigenvalue weighted by molar-refractivity contribution is 0.0911. The van der Waals surface area contributed by atoms with E-state index in [1.54, 1.807) is 6.07 Å². The summed E-state index contributed by atoms with van der Waals surface area (Å²) in [5, 5.41) is 12.4. The van der Waals surface area contributed by atoms with Gasteiger partial charge in [-0.05, 0) is 32.0 Å². The predicted molar refractivity (Wildman–Crippen MR) is 77.4 cm³/mol. The van der Waals surface area contributed by atoms with Gasteiger partial charge in [0.25, 0.3) is 5.91 Å². The molecule has 0 aliphatic heterocycles. The molecule has 112 valence electrons. The lowest BCUT2D eigenvalue weighted by Gasteiger charge is -2.13. The molecule has 1 atom stereocenters. The summed E-state index contributed by atoms with van der Waals surface area (Å²) >= 11 is 1.49. The first-order valence-electron chi connectivity index (χ1n) is 6.37. The average molecular weight is 311 g/mol. The fraction of sp³-hybridized carbons (Fsp3) is 0.267. The summed E-state index contributed by atoms with van der Waals surface area (Å²) in [5.41, 5.74) is 0.0785. The Morgan fingerprint density at radius 1 is 1.33 bits per heavy atom. The summed E-state index contributed by atoms with van der Waals surface area (Å²) in [4.78, 5) is 13.8. The zero-order chi connectivity index (χ0) is 15.6. The SMILES string of the molecule is Cc1cc(C(=O)NC[C@@H](O)c2c(F)cccc2F)c(C)s1. The fourth-order valence-electron chi connectivity index (χ4n) is 2.07. The number of carbonyl (C=O) groups is 1. The van der Waals surface area contributed by atoms with Crippen molar-refractivity contribution >= 4 is 17.2 Å². The summed E-state index contributed by atoms with van der Waals surface area (Å²) in [7, 11) is 0. The van der Waals surface area contributed by atoms with E-state index in [4.69, 9.17) is 0 Å². The van der Waals surface area contributed by atoms with Gasteiger partial charge in [0.2, 0.25) is 0 Å². The number of aliphatic hydroxyl groups is 1. The quantitative estimate of drug-likeness (QED) is 0.911. The number of nitrogens with one attached hydrogen (secondary N) is 1. The number of thiophene rings is 1. The number of hydrogen-bond donors (Lipinski definition) is 2. The van der Waals surface area contributed by atoms with Crippen LogP contribution in [0.4, 0.5) is 8.78 Å². The Labute approximate surface area is 125 Å². The van der Waals surface area contributed by atoms with Crippen molar-refractivity contribution in [3.63, 3.8) is 0 Å². The standard InChI is InChI=1S/C15H15F2NO2S/c1-8-6-10(9(2)21-8)15(20)18-7-13(19)14-11(16)4-3-5-12(14)17/h3-6,13,19H,7H2,1-2H3,(H,18,20)/t13-/m1/s1. The third kappa shape index (κ3) is 3.46. The highest BCUT2D eigenvalue weighted by Crippen LogP contribution is 2.22. The van der Waals surface area contributed by atoms with Crippen LogP contribution in [-0.4, -0.2) is 17.6 Å². The third-order valence-electron chi connectivity index (χ3n) is 3.07. The third-order valence-corrected chi connectivity index (χ3v) is 4.04. The van der Waals surface area contributed by atoms with E-state index in [1.807, 2.05) is 13.8 Å². The van der Waals surface area contributed by atoms with Crippen LogP contribution in [0.3, 0.4) is 0 Å². The number of carbonyl (C=O) groups excluding carboxylic acids is 1. The van der Waals surface area contributed by atoms with E-state index >= 15 is 0 Å². The number of aryl methyl sites for hydroxylation is 2. The Morgan fingerprint density at radius 2 is 1.95 bits per heavy atom. The van der Waals surface area contributed by atoms with Crippen LogP contribution in [0.15, 0.2) is 24.3 Å². The summed E-state index contributed by atoms with van der Waals surface area (Å²) in [6.45, 7) is 3.45. The molecule has 21 heavy (non-hydrogen) atoms. The molecule has 0 saturated carbocycles. The van der Waals surface area contributed by atoms with Gasteiger partial charge in [0.1, 0.15) is 17.7 Å². The van der Waals surface area contributed by atoms with E-state index in [0.717, 1.165) is 21.9 Å². The molecule has 1 amide bonds. The van der Waals surface area contributed by atoms with Crippen molar-refractivity contribution in [3.05, 3.63) is 56.8 Å². The van der Waals surface area contributed by atoms with E-state index in [0.29, 0.717) is 5.56 Å². The van der Waals surface area contributed by atoms with Gasteiger partial charge in [-0.25, -0.2) is 8.78 Å². The average Bonchev–Trinajstić information content (AvgIpc) is 2.75. The fourth-order valence-corrected chi connectivity index (χ4v) is 2.99. The number of aliphatic hydroxyl groups excluding tert-OH is 1. The molecule has 0 saturated heterocycles. The molecule has 0 bridgehead atoms. The highest BCUT2D eigenvalue weighted by Gasteiger charge is 2.19. The van der Waals surface area contributed by atoms with Crippen LogP contribution in [-0.2, 0) is 0 Å². The van der Waals surface area contributed by atoms with E-state index in [2.05, 4.69) is 5.32 Å². The first-order chi connectivity index (χ1) is 9.90. The minimum Gasteiger partial charge on any atom is -0.386 e. The van der Waals surface area contributed by atoms with E-state index in [9.17, 15) is 18.7 Å². The van der Waals surface area contributed by atoms with Crippen molar-refractivity contribution in [2.45, 2.75) is 20.0 Å². The molecule has 6 heteroatoms. The van der Waals surface area contributed by atoms with Crippen molar-refractivity contribution in [2.75, 3.05) is 6.54 Å². The van der Waals surface area contributed by atoms with E-state index in [1.165, 1.54) is 17.4 Å². The van der Waals surface area contributed by atoms with Gasteiger partial charge in [-0.3, -0.25) is 4.79 Å². The zero-order valence-electron chi connectivity index (χ0n) is 11.6. The Bertz CT molecular complexity index is 649. The maximum absolute atomic E-state index is 13.5. The van der Waals surface area contributed by atoms with E-state index in [-0.39, 0.29) is 12.5 Å². The first-order valence-corrected chi connectivity index (χ1v) is 7.19. The highest BCUT2D eigenvalue weighted by molar-refractivity contribution is 7.12. The van der Waals surface area contributed by atoms with Gasteiger partial charge >= 0.3 is 0 Å². The maximum atomic E-state index is 13.5. The van der Waals surface area contributed by atoms with Gasteiger partial charge in [-0.2, -0.15) is 0 Å². The molecule has 1 aromatic heterocycles. The first kappa shape index (κ1) is 15.6. The van der Waals surface area contributed by atoms with Gasteiger partial charge in [-0.1, -0.05) is 6.07 Å². The Kier molecular flexibility index (Phi) is 4.69.